The average molecular weight is 322 g/mol. The number of H-pyrrole nitrogens is 1. The second-order valence-electron chi connectivity index (χ2n) is 5.92. The zero-order valence-electron chi connectivity index (χ0n) is 13.1. The van der Waals surface area contributed by atoms with E-state index in [0.717, 1.165) is 13.0 Å². The quantitative estimate of drug-likeness (QED) is 0.751. The highest BCUT2D eigenvalue weighted by molar-refractivity contribution is 6.01. The van der Waals surface area contributed by atoms with Gasteiger partial charge in [0, 0.05) is 25.7 Å². The molecule has 24 heavy (non-hydrogen) atoms. The SMILES string of the molecule is O=C(c1ncnc2nc[nH]c12)N1CCNC(Cc2ccccc2)C1. The number of nitrogens with one attached hydrogen (secondary N) is 2. The van der Waals surface area contributed by atoms with Crippen molar-refractivity contribution in [3.63, 3.8) is 0 Å². The first kappa shape index (κ1) is 14.8. The maximum absolute atomic E-state index is 12.9. The van der Waals surface area contributed by atoms with Crippen molar-refractivity contribution in [1.29, 1.82) is 0 Å². The molecule has 1 fully saturated rings. The van der Waals surface area contributed by atoms with Crippen molar-refractivity contribution in [2.24, 2.45) is 0 Å². The van der Waals surface area contributed by atoms with E-state index in [4.69, 9.17) is 0 Å². The Morgan fingerprint density at radius 3 is 2.96 bits per heavy atom. The molecule has 7 heteroatoms. The van der Waals surface area contributed by atoms with Crippen LogP contribution in [0.4, 0.5) is 0 Å². The molecule has 3 heterocycles. The minimum atomic E-state index is -0.0776. The van der Waals surface area contributed by atoms with Gasteiger partial charge < -0.3 is 15.2 Å². The normalized spacial score (nSPS) is 18.0. The zero-order chi connectivity index (χ0) is 16.4. The first-order valence-corrected chi connectivity index (χ1v) is 8.02. The Kier molecular flexibility index (Phi) is 3.92. The zero-order valence-corrected chi connectivity index (χ0v) is 13.1. The van der Waals surface area contributed by atoms with E-state index < -0.39 is 0 Å². The van der Waals surface area contributed by atoms with Gasteiger partial charge in [0.25, 0.3) is 5.91 Å². The molecule has 0 radical (unpaired) electrons. The summed E-state index contributed by atoms with van der Waals surface area (Å²) in [6, 6.07) is 10.6. The molecule has 2 aromatic heterocycles. The lowest BCUT2D eigenvalue weighted by atomic mass is 10.0. The van der Waals surface area contributed by atoms with Crippen molar-refractivity contribution >= 4 is 17.1 Å². The van der Waals surface area contributed by atoms with Gasteiger partial charge in [-0.3, -0.25) is 4.79 Å². The molecule has 122 valence electrons. The summed E-state index contributed by atoms with van der Waals surface area (Å²) in [4.78, 5) is 30.0. The second kappa shape index (κ2) is 6.37. The van der Waals surface area contributed by atoms with Gasteiger partial charge in [-0.15, -0.1) is 0 Å². The van der Waals surface area contributed by atoms with E-state index in [1.807, 2.05) is 23.1 Å². The van der Waals surface area contributed by atoms with Crippen LogP contribution in [0, 0.1) is 0 Å². The van der Waals surface area contributed by atoms with Crippen molar-refractivity contribution < 1.29 is 4.79 Å². The number of aromatic amines is 1. The number of carbonyl (C=O) groups excluding carboxylic acids is 1. The number of carbonyl (C=O) groups is 1. The summed E-state index contributed by atoms with van der Waals surface area (Å²) < 4.78 is 0. The Balaban J connectivity index is 1.51. The van der Waals surface area contributed by atoms with Crippen LogP contribution in [0.1, 0.15) is 16.1 Å². The van der Waals surface area contributed by atoms with Crippen molar-refractivity contribution in [3.8, 4) is 0 Å². The molecule has 0 saturated carbocycles. The Bertz CT molecular complexity index is 846. The molecule has 1 saturated heterocycles. The molecule has 1 atom stereocenters. The predicted octanol–water partition coefficient (Wildman–Crippen LogP) is 1.01. The molecule has 3 aromatic rings. The first-order chi connectivity index (χ1) is 11.8. The summed E-state index contributed by atoms with van der Waals surface area (Å²) >= 11 is 0. The van der Waals surface area contributed by atoms with Crippen LogP contribution >= 0.6 is 0 Å². The standard InChI is InChI=1S/C17H18N6O/c24-17(15-14-16(21-10-19-14)22-11-20-15)23-7-6-18-13(9-23)8-12-4-2-1-3-5-12/h1-5,10-11,13,18H,6-9H2,(H,19,20,21,22). The van der Waals surface area contributed by atoms with Gasteiger partial charge >= 0.3 is 0 Å². The van der Waals surface area contributed by atoms with Gasteiger partial charge in [-0.25, -0.2) is 15.0 Å². The molecule has 7 nitrogen and oxygen atoms in total. The van der Waals surface area contributed by atoms with Gasteiger partial charge in [0.2, 0.25) is 0 Å². The Labute approximate surface area is 139 Å². The lowest BCUT2D eigenvalue weighted by molar-refractivity contribution is 0.0699. The van der Waals surface area contributed by atoms with Gasteiger partial charge in [0.15, 0.2) is 11.3 Å². The van der Waals surface area contributed by atoms with E-state index >= 15 is 0 Å². The molecule has 1 aromatic carbocycles. The highest BCUT2D eigenvalue weighted by Crippen LogP contribution is 2.14. The highest BCUT2D eigenvalue weighted by Gasteiger charge is 2.26. The first-order valence-electron chi connectivity index (χ1n) is 8.02. The van der Waals surface area contributed by atoms with Crippen LogP contribution in [0.3, 0.4) is 0 Å². The van der Waals surface area contributed by atoms with Crippen LogP contribution in [0.5, 0.6) is 0 Å². The smallest absolute Gasteiger partial charge is 0.274 e. The minimum Gasteiger partial charge on any atom is -0.341 e. The van der Waals surface area contributed by atoms with E-state index in [-0.39, 0.29) is 11.9 Å². The van der Waals surface area contributed by atoms with Crippen LogP contribution in [0.15, 0.2) is 43.0 Å². The fourth-order valence-corrected chi connectivity index (χ4v) is 3.12. The largest absolute Gasteiger partial charge is 0.341 e. The Morgan fingerprint density at radius 1 is 1.21 bits per heavy atom. The van der Waals surface area contributed by atoms with Gasteiger partial charge in [-0.2, -0.15) is 0 Å². The van der Waals surface area contributed by atoms with Crippen LogP contribution < -0.4 is 5.32 Å². The number of imidazole rings is 1. The number of nitrogens with zero attached hydrogens (tertiary/aromatic N) is 4. The van der Waals surface area contributed by atoms with Crippen molar-refractivity contribution in [2.75, 3.05) is 19.6 Å². The number of benzene rings is 1. The number of aromatic nitrogens is 4. The van der Waals surface area contributed by atoms with Crippen molar-refractivity contribution in [3.05, 3.63) is 54.2 Å². The van der Waals surface area contributed by atoms with Crippen LogP contribution in [-0.2, 0) is 6.42 Å². The van der Waals surface area contributed by atoms with E-state index in [0.29, 0.717) is 29.9 Å². The third-order valence-corrected chi connectivity index (χ3v) is 4.29. The van der Waals surface area contributed by atoms with E-state index in [1.165, 1.54) is 18.2 Å². The molecular weight excluding hydrogens is 304 g/mol. The molecule has 2 N–H and O–H groups in total. The fourth-order valence-electron chi connectivity index (χ4n) is 3.12. The summed E-state index contributed by atoms with van der Waals surface area (Å²) in [5.74, 6) is -0.0776. The molecule has 1 aliphatic heterocycles. The third-order valence-electron chi connectivity index (χ3n) is 4.29. The second-order valence-corrected chi connectivity index (χ2v) is 5.92. The molecular formula is C17H18N6O. The Hall–Kier alpha value is -2.80. The number of fused-ring (bicyclic) bond motifs is 1. The van der Waals surface area contributed by atoms with Crippen molar-refractivity contribution in [2.45, 2.75) is 12.5 Å². The number of hydrogen-bond acceptors (Lipinski definition) is 5. The van der Waals surface area contributed by atoms with Crippen LogP contribution in [-0.4, -0.2) is 56.4 Å². The number of amides is 1. The summed E-state index contributed by atoms with van der Waals surface area (Å²) in [7, 11) is 0. The van der Waals surface area contributed by atoms with Gasteiger partial charge in [-0.05, 0) is 12.0 Å². The van der Waals surface area contributed by atoms with E-state index in [9.17, 15) is 4.79 Å². The molecule has 1 amide bonds. The molecule has 0 bridgehead atoms. The van der Waals surface area contributed by atoms with Crippen LogP contribution in [0.2, 0.25) is 0 Å². The lowest BCUT2D eigenvalue weighted by Gasteiger charge is -2.33. The summed E-state index contributed by atoms with van der Waals surface area (Å²) in [6.45, 7) is 2.11. The maximum Gasteiger partial charge on any atom is 0.274 e. The highest BCUT2D eigenvalue weighted by atomic mass is 16.2. The summed E-state index contributed by atoms with van der Waals surface area (Å²) in [5, 5.41) is 3.49. The monoisotopic (exact) mass is 322 g/mol. The molecule has 0 spiro atoms. The van der Waals surface area contributed by atoms with Gasteiger partial charge in [0.05, 0.1) is 6.33 Å². The molecule has 0 aliphatic carbocycles. The fraction of sp³-hybridized carbons (Fsp3) is 0.294. The molecule has 1 unspecified atom stereocenters. The number of piperazine rings is 1. The molecule has 1 aliphatic rings. The van der Waals surface area contributed by atoms with Crippen molar-refractivity contribution in [1.82, 2.24) is 30.2 Å². The predicted molar refractivity (Wildman–Crippen MR) is 89.5 cm³/mol. The van der Waals surface area contributed by atoms with E-state index in [2.05, 4.69) is 37.4 Å². The van der Waals surface area contributed by atoms with Crippen LogP contribution in [0.25, 0.3) is 11.2 Å². The Morgan fingerprint density at radius 2 is 2.08 bits per heavy atom. The number of rotatable bonds is 3. The average Bonchev–Trinajstić information content (AvgIpc) is 3.11. The summed E-state index contributed by atoms with van der Waals surface area (Å²) in [5.41, 5.74) is 2.77. The maximum atomic E-state index is 12.9. The number of hydrogen-bond donors (Lipinski definition) is 2. The topological polar surface area (TPSA) is 86.8 Å². The summed E-state index contributed by atoms with van der Waals surface area (Å²) in [6.07, 6.45) is 3.82. The third kappa shape index (κ3) is 2.85. The van der Waals surface area contributed by atoms with Gasteiger partial charge in [0.1, 0.15) is 11.8 Å². The minimum absolute atomic E-state index is 0.0776. The lowest BCUT2D eigenvalue weighted by Crippen LogP contribution is -2.53. The molecule has 4 rings (SSSR count). The van der Waals surface area contributed by atoms with Gasteiger partial charge in [-0.1, -0.05) is 30.3 Å². The van der Waals surface area contributed by atoms with E-state index in [1.54, 1.807) is 0 Å².